The fourth-order valence-electron chi connectivity index (χ4n) is 3.94. The summed E-state index contributed by atoms with van der Waals surface area (Å²) in [5.41, 5.74) is 3.44. The number of esters is 1. The molecule has 2 aliphatic rings. The summed E-state index contributed by atoms with van der Waals surface area (Å²) >= 11 is 0. The zero-order valence-corrected chi connectivity index (χ0v) is 14.9. The number of benzene rings is 1. The van der Waals surface area contributed by atoms with E-state index in [1.165, 1.54) is 5.56 Å². The van der Waals surface area contributed by atoms with E-state index in [1.807, 2.05) is 39.8 Å². The highest BCUT2D eigenvalue weighted by Crippen LogP contribution is 2.46. The molecule has 130 valence electrons. The van der Waals surface area contributed by atoms with Gasteiger partial charge in [0.05, 0.1) is 6.10 Å². The second-order valence-corrected chi connectivity index (χ2v) is 7.03. The van der Waals surface area contributed by atoms with Crippen molar-refractivity contribution >= 4 is 11.5 Å². The molecule has 0 saturated heterocycles. The van der Waals surface area contributed by atoms with E-state index < -0.39 is 11.6 Å². The SMILES string of the molecule is CCOC1CCCC2(C1)OC(=O)C(c1cc(C)c(C)cc1C)=C2O. The van der Waals surface area contributed by atoms with Crippen LogP contribution in [-0.2, 0) is 14.3 Å². The number of aliphatic hydroxyl groups is 1. The molecule has 0 amide bonds. The van der Waals surface area contributed by atoms with Gasteiger partial charge in [-0.2, -0.15) is 0 Å². The molecule has 1 aromatic carbocycles. The lowest BCUT2D eigenvalue weighted by Crippen LogP contribution is -2.41. The molecule has 4 heteroatoms. The van der Waals surface area contributed by atoms with Crippen molar-refractivity contribution in [1.82, 2.24) is 0 Å². The van der Waals surface area contributed by atoms with Crippen molar-refractivity contribution in [2.24, 2.45) is 0 Å². The molecule has 24 heavy (non-hydrogen) atoms. The van der Waals surface area contributed by atoms with Crippen molar-refractivity contribution in [2.45, 2.75) is 65.1 Å². The van der Waals surface area contributed by atoms with Crippen LogP contribution in [0.2, 0.25) is 0 Å². The minimum atomic E-state index is -0.907. The highest BCUT2D eigenvalue weighted by molar-refractivity contribution is 6.20. The summed E-state index contributed by atoms with van der Waals surface area (Å²) in [6, 6.07) is 4.02. The Hall–Kier alpha value is -1.81. The summed E-state index contributed by atoms with van der Waals surface area (Å²) in [6.07, 6.45) is 3.03. The standard InChI is InChI=1S/C20H26O4/c1-5-23-15-7-6-8-20(11-15)18(21)17(19(22)24-20)16-10-13(3)12(2)9-14(16)4/h9-10,15,21H,5-8,11H2,1-4H3. The van der Waals surface area contributed by atoms with E-state index in [1.54, 1.807) is 0 Å². The van der Waals surface area contributed by atoms with Crippen LogP contribution in [0.1, 0.15) is 54.9 Å². The number of hydrogen-bond donors (Lipinski definition) is 1. The Morgan fingerprint density at radius 1 is 1.25 bits per heavy atom. The first-order valence-electron chi connectivity index (χ1n) is 8.75. The zero-order valence-electron chi connectivity index (χ0n) is 14.9. The van der Waals surface area contributed by atoms with E-state index in [0.29, 0.717) is 25.0 Å². The van der Waals surface area contributed by atoms with Crippen LogP contribution in [0, 0.1) is 20.8 Å². The monoisotopic (exact) mass is 330 g/mol. The van der Waals surface area contributed by atoms with Gasteiger partial charge in [-0.25, -0.2) is 4.79 Å². The van der Waals surface area contributed by atoms with E-state index in [4.69, 9.17) is 9.47 Å². The largest absolute Gasteiger partial charge is 0.507 e. The molecule has 0 radical (unpaired) electrons. The minimum Gasteiger partial charge on any atom is -0.507 e. The van der Waals surface area contributed by atoms with Crippen LogP contribution in [0.15, 0.2) is 17.9 Å². The fourth-order valence-corrected chi connectivity index (χ4v) is 3.94. The number of aryl methyl sites for hydroxylation is 3. The van der Waals surface area contributed by atoms with Crippen LogP contribution in [0.3, 0.4) is 0 Å². The minimum absolute atomic E-state index is 0.0268. The maximum Gasteiger partial charge on any atom is 0.343 e. The van der Waals surface area contributed by atoms with Crippen LogP contribution in [0.4, 0.5) is 0 Å². The molecule has 1 spiro atoms. The zero-order chi connectivity index (χ0) is 17.5. The van der Waals surface area contributed by atoms with Crippen LogP contribution < -0.4 is 0 Å². The normalized spacial score (nSPS) is 27.0. The van der Waals surface area contributed by atoms with E-state index in [9.17, 15) is 9.90 Å². The van der Waals surface area contributed by atoms with Crippen molar-refractivity contribution in [3.63, 3.8) is 0 Å². The number of carbonyl (C=O) groups excluding carboxylic acids is 1. The Bertz CT molecular complexity index is 702. The quantitative estimate of drug-likeness (QED) is 0.846. The molecule has 1 fully saturated rings. The number of aliphatic hydroxyl groups excluding tert-OH is 1. The second-order valence-electron chi connectivity index (χ2n) is 7.03. The van der Waals surface area contributed by atoms with Crippen LogP contribution >= 0.6 is 0 Å². The third-order valence-corrected chi connectivity index (χ3v) is 5.34. The van der Waals surface area contributed by atoms with Crippen molar-refractivity contribution in [3.8, 4) is 0 Å². The molecule has 3 rings (SSSR count). The van der Waals surface area contributed by atoms with Gasteiger partial charge in [0.2, 0.25) is 0 Å². The van der Waals surface area contributed by atoms with E-state index in [-0.39, 0.29) is 11.9 Å². The lowest BCUT2D eigenvalue weighted by molar-refractivity contribution is -0.154. The van der Waals surface area contributed by atoms with Gasteiger partial charge in [-0.1, -0.05) is 12.1 Å². The molecule has 2 unspecified atom stereocenters. The fraction of sp³-hybridized carbons (Fsp3) is 0.550. The molecule has 1 aliphatic carbocycles. The summed E-state index contributed by atoms with van der Waals surface area (Å²) in [5, 5.41) is 10.9. The third kappa shape index (κ3) is 2.73. The molecular weight excluding hydrogens is 304 g/mol. The Morgan fingerprint density at radius 2 is 1.96 bits per heavy atom. The van der Waals surface area contributed by atoms with Crippen LogP contribution in [0.25, 0.3) is 5.57 Å². The van der Waals surface area contributed by atoms with Gasteiger partial charge in [-0.3, -0.25) is 0 Å². The first-order chi connectivity index (χ1) is 11.4. The van der Waals surface area contributed by atoms with Crippen LogP contribution in [0.5, 0.6) is 0 Å². The van der Waals surface area contributed by atoms with E-state index in [0.717, 1.165) is 29.5 Å². The molecule has 4 nitrogen and oxygen atoms in total. The first-order valence-corrected chi connectivity index (χ1v) is 8.75. The van der Waals surface area contributed by atoms with Gasteiger partial charge >= 0.3 is 5.97 Å². The maximum absolute atomic E-state index is 12.6. The molecule has 1 heterocycles. The first kappa shape index (κ1) is 17.0. The van der Waals surface area contributed by atoms with Gasteiger partial charge in [-0.15, -0.1) is 0 Å². The van der Waals surface area contributed by atoms with Gasteiger partial charge in [0.15, 0.2) is 11.4 Å². The highest BCUT2D eigenvalue weighted by atomic mass is 16.6. The number of rotatable bonds is 3. The Morgan fingerprint density at radius 3 is 2.67 bits per heavy atom. The van der Waals surface area contributed by atoms with Crippen LogP contribution in [-0.4, -0.2) is 29.4 Å². The molecule has 2 atom stereocenters. The Balaban J connectivity index is 2.03. The van der Waals surface area contributed by atoms with Gasteiger partial charge < -0.3 is 14.6 Å². The molecule has 0 bridgehead atoms. The van der Waals surface area contributed by atoms with E-state index >= 15 is 0 Å². The molecule has 1 aliphatic heterocycles. The van der Waals surface area contributed by atoms with Crippen molar-refractivity contribution in [3.05, 3.63) is 40.1 Å². The van der Waals surface area contributed by atoms with Gasteiger partial charge in [0.25, 0.3) is 0 Å². The number of carbonyl (C=O) groups is 1. The van der Waals surface area contributed by atoms with Crippen molar-refractivity contribution < 1.29 is 19.4 Å². The average molecular weight is 330 g/mol. The number of hydrogen-bond acceptors (Lipinski definition) is 4. The van der Waals surface area contributed by atoms with Crippen molar-refractivity contribution in [2.75, 3.05) is 6.61 Å². The molecule has 1 aromatic rings. The predicted octanol–water partition coefficient (Wildman–Crippen LogP) is 4.16. The molecule has 0 aromatic heterocycles. The lowest BCUT2D eigenvalue weighted by atomic mass is 9.80. The van der Waals surface area contributed by atoms with Gasteiger partial charge in [0.1, 0.15) is 5.57 Å². The van der Waals surface area contributed by atoms with Gasteiger partial charge in [0, 0.05) is 13.0 Å². The molecular formula is C20H26O4. The van der Waals surface area contributed by atoms with E-state index in [2.05, 4.69) is 0 Å². The third-order valence-electron chi connectivity index (χ3n) is 5.34. The smallest absolute Gasteiger partial charge is 0.343 e. The molecule has 1 saturated carbocycles. The molecule has 1 N–H and O–H groups in total. The maximum atomic E-state index is 12.6. The topological polar surface area (TPSA) is 55.8 Å². The summed E-state index contributed by atoms with van der Waals surface area (Å²) in [5.74, 6) is -0.334. The van der Waals surface area contributed by atoms with Crippen molar-refractivity contribution in [1.29, 1.82) is 0 Å². The Kier molecular flexibility index (Phi) is 4.43. The Labute approximate surface area is 143 Å². The summed E-state index contributed by atoms with van der Waals surface area (Å²) in [6.45, 7) is 8.61. The van der Waals surface area contributed by atoms with Gasteiger partial charge in [-0.05, 0) is 69.2 Å². The second kappa shape index (κ2) is 6.25. The summed E-state index contributed by atoms with van der Waals surface area (Å²) < 4.78 is 11.5. The summed E-state index contributed by atoms with van der Waals surface area (Å²) in [7, 11) is 0. The predicted molar refractivity (Wildman–Crippen MR) is 92.9 cm³/mol. The highest BCUT2D eigenvalue weighted by Gasteiger charge is 2.51. The summed E-state index contributed by atoms with van der Waals surface area (Å²) in [4.78, 5) is 12.6. The number of ether oxygens (including phenoxy) is 2. The average Bonchev–Trinajstić information content (AvgIpc) is 2.74. The lowest BCUT2D eigenvalue weighted by Gasteiger charge is -2.36.